The summed E-state index contributed by atoms with van der Waals surface area (Å²) in [6.45, 7) is 0.442. The summed E-state index contributed by atoms with van der Waals surface area (Å²) in [5.41, 5.74) is 1.11. The molecule has 0 spiro atoms. The van der Waals surface area contributed by atoms with Gasteiger partial charge in [-0.3, -0.25) is 4.21 Å². The molecule has 0 bridgehead atoms. The minimum Gasteiger partial charge on any atom is -0.760 e. The Balaban J connectivity index is 2.37. The first-order chi connectivity index (χ1) is 6.18. The maximum atomic E-state index is 10.1. The molecule has 1 unspecified atom stereocenters. The van der Waals surface area contributed by atoms with Crippen molar-refractivity contribution in [2.75, 3.05) is 6.54 Å². The van der Waals surface area contributed by atoms with Gasteiger partial charge in [0.05, 0.1) is 0 Å². The molecule has 0 radical (unpaired) electrons. The normalized spacial score (nSPS) is 12.8. The van der Waals surface area contributed by atoms with Crippen molar-refractivity contribution in [1.29, 1.82) is 0 Å². The molecule has 0 aromatic heterocycles. The average molecular weight is 263 g/mol. The van der Waals surface area contributed by atoms with E-state index in [0.29, 0.717) is 13.0 Å². The molecule has 0 fully saturated rings. The lowest BCUT2D eigenvalue weighted by Crippen LogP contribution is -2.19. The van der Waals surface area contributed by atoms with E-state index in [1.807, 2.05) is 24.3 Å². The van der Waals surface area contributed by atoms with Crippen LogP contribution in [0.5, 0.6) is 0 Å². The highest BCUT2D eigenvalue weighted by Gasteiger charge is 1.92. The van der Waals surface area contributed by atoms with Crippen LogP contribution in [0.3, 0.4) is 0 Å². The molecule has 0 saturated carbocycles. The van der Waals surface area contributed by atoms with Crippen molar-refractivity contribution < 1.29 is 8.76 Å². The van der Waals surface area contributed by atoms with Gasteiger partial charge in [-0.1, -0.05) is 28.1 Å². The number of hydrogen-bond donors (Lipinski definition) is 1. The van der Waals surface area contributed by atoms with Gasteiger partial charge in [-0.2, -0.15) is 0 Å². The van der Waals surface area contributed by atoms with Crippen molar-refractivity contribution in [3.05, 3.63) is 34.3 Å². The maximum Gasteiger partial charge on any atom is 0.0181 e. The summed E-state index contributed by atoms with van der Waals surface area (Å²) in [5, 5.41) is 0. The lowest BCUT2D eigenvalue weighted by Gasteiger charge is -2.06. The third kappa shape index (κ3) is 4.52. The summed E-state index contributed by atoms with van der Waals surface area (Å²) in [6, 6.07) is 7.78. The van der Waals surface area contributed by atoms with E-state index in [0.717, 1.165) is 10.0 Å². The molecule has 1 aromatic carbocycles. The number of halogens is 1. The minimum absolute atomic E-state index is 0.442. The first kappa shape index (κ1) is 10.8. The Kier molecular flexibility index (Phi) is 4.58. The Morgan fingerprint density at radius 1 is 1.38 bits per heavy atom. The molecule has 0 saturated heterocycles. The van der Waals surface area contributed by atoms with E-state index in [1.54, 1.807) is 0 Å². The number of rotatable bonds is 4. The largest absolute Gasteiger partial charge is 0.760 e. The van der Waals surface area contributed by atoms with Crippen molar-refractivity contribution in [3.8, 4) is 0 Å². The second-order valence-corrected chi connectivity index (χ2v) is 4.18. The van der Waals surface area contributed by atoms with Crippen LogP contribution >= 0.6 is 15.9 Å². The van der Waals surface area contributed by atoms with Crippen molar-refractivity contribution >= 4 is 27.2 Å². The van der Waals surface area contributed by atoms with E-state index < -0.39 is 11.3 Å². The molecular weight excluding hydrogens is 254 g/mol. The van der Waals surface area contributed by atoms with E-state index in [-0.39, 0.29) is 0 Å². The van der Waals surface area contributed by atoms with Crippen LogP contribution in [0.1, 0.15) is 5.56 Å². The van der Waals surface area contributed by atoms with Crippen molar-refractivity contribution in [1.82, 2.24) is 4.72 Å². The zero-order chi connectivity index (χ0) is 9.68. The van der Waals surface area contributed by atoms with E-state index in [4.69, 9.17) is 0 Å². The van der Waals surface area contributed by atoms with E-state index >= 15 is 0 Å². The Morgan fingerprint density at radius 2 is 2.00 bits per heavy atom. The van der Waals surface area contributed by atoms with E-state index in [1.165, 1.54) is 0 Å². The summed E-state index contributed by atoms with van der Waals surface area (Å²) in [5.74, 6) is 0. The van der Waals surface area contributed by atoms with Gasteiger partial charge < -0.3 is 4.55 Å². The van der Waals surface area contributed by atoms with Gasteiger partial charge in [0.2, 0.25) is 0 Å². The van der Waals surface area contributed by atoms with Crippen LogP contribution in [0.25, 0.3) is 0 Å². The summed E-state index contributed by atoms with van der Waals surface area (Å²) in [7, 11) is 0. The summed E-state index contributed by atoms with van der Waals surface area (Å²) in [6.07, 6.45) is 0.710. The zero-order valence-corrected chi connectivity index (χ0v) is 9.23. The van der Waals surface area contributed by atoms with Crippen molar-refractivity contribution in [2.24, 2.45) is 0 Å². The molecule has 3 nitrogen and oxygen atoms in total. The van der Waals surface area contributed by atoms with Crippen LogP contribution in [0, 0.1) is 0 Å². The lowest BCUT2D eigenvalue weighted by molar-refractivity contribution is 0.523. The first-order valence-electron chi connectivity index (χ1n) is 3.75. The molecular formula is C8H9BrNO2S-. The van der Waals surface area contributed by atoms with Crippen LogP contribution in [-0.4, -0.2) is 15.3 Å². The van der Waals surface area contributed by atoms with Gasteiger partial charge in [0.25, 0.3) is 0 Å². The SMILES string of the molecule is O=S([O-])NCCc1ccc(Br)cc1. The van der Waals surface area contributed by atoms with Crippen LogP contribution < -0.4 is 4.72 Å². The fourth-order valence-corrected chi connectivity index (χ4v) is 1.46. The Morgan fingerprint density at radius 3 is 2.54 bits per heavy atom. The van der Waals surface area contributed by atoms with Gasteiger partial charge in [-0.25, -0.2) is 4.72 Å². The quantitative estimate of drug-likeness (QED) is 0.834. The summed E-state index contributed by atoms with van der Waals surface area (Å²) < 4.78 is 23.6. The molecule has 0 aliphatic rings. The fraction of sp³-hybridized carbons (Fsp3) is 0.250. The summed E-state index contributed by atoms with van der Waals surface area (Å²) in [4.78, 5) is 0. The number of benzene rings is 1. The van der Waals surface area contributed by atoms with Gasteiger partial charge in [0, 0.05) is 22.3 Å². The number of nitrogens with one attached hydrogen (secondary N) is 1. The van der Waals surface area contributed by atoms with Gasteiger partial charge in [-0.15, -0.1) is 0 Å². The Hall–Kier alpha value is -0.230. The smallest absolute Gasteiger partial charge is 0.0181 e. The molecule has 13 heavy (non-hydrogen) atoms. The molecule has 72 valence electrons. The minimum atomic E-state index is -2.15. The molecule has 1 aromatic rings. The molecule has 1 atom stereocenters. The highest BCUT2D eigenvalue weighted by molar-refractivity contribution is 9.10. The predicted octanol–water partition coefficient (Wildman–Crippen LogP) is 1.38. The standard InChI is InChI=1S/C8H10BrNO2S/c9-8-3-1-7(2-4-8)5-6-10-13(11)12/h1-4,10H,5-6H2,(H,11,12)/p-1. The third-order valence-corrected chi connectivity index (χ3v) is 2.52. The van der Waals surface area contributed by atoms with Crippen molar-refractivity contribution in [2.45, 2.75) is 6.42 Å². The zero-order valence-electron chi connectivity index (χ0n) is 6.83. The number of hydrogen-bond acceptors (Lipinski definition) is 2. The van der Waals surface area contributed by atoms with Crippen LogP contribution in [0.4, 0.5) is 0 Å². The van der Waals surface area contributed by atoms with Crippen LogP contribution in [0.2, 0.25) is 0 Å². The molecule has 0 amide bonds. The Labute approximate surface area is 88.1 Å². The predicted molar refractivity (Wildman–Crippen MR) is 54.8 cm³/mol. The highest BCUT2D eigenvalue weighted by atomic mass is 79.9. The Bertz CT molecular complexity index is 289. The molecule has 0 aliphatic carbocycles. The van der Waals surface area contributed by atoms with Gasteiger partial charge in [0.15, 0.2) is 0 Å². The second kappa shape index (κ2) is 5.49. The van der Waals surface area contributed by atoms with Gasteiger partial charge >= 0.3 is 0 Å². The first-order valence-corrected chi connectivity index (χ1v) is 5.62. The molecule has 0 heterocycles. The average Bonchev–Trinajstić information content (AvgIpc) is 2.08. The monoisotopic (exact) mass is 262 g/mol. The molecule has 5 heteroatoms. The third-order valence-electron chi connectivity index (χ3n) is 1.55. The van der Waals surface area contributed by atoms with E-state index in [9.17, 15) is 8.76 Å². The second-order valence-electron chi connectivity index (χ2n) is 2.51. The topological polar surface area (TPSA) is 52.2 Å². The molecule has 1 N–H and O–H groups in total. The lowest BCUT2D eigenvalue weighted by atomic mass is 10.2. The molecule has 1 rings (SSSR count). The fourth-order valence-electron chi connectivity index (χ4n) is 0.930. The highest BCUT2D eigenvalue weighted by Crippen LogP contribution is 2.10. The van der Waals surface area contributed by atoms with Gasteiger partial charge in [-0.05, 0) is 24.1 Å². The summed E-state index contributed by atoms with van der Waals surface area (Å²) >= 11 is 1.17. The van der Waals surface area contributed by atoms with E-state index in [2.05, 4.69) is 20.7 Å². The van der Waals surface area contributed by atoms with Crippen molar-refractivity contribution in [3.63, 3.8) is 0 Å². The van der Waals surface area contributed by atoms with Gasteiger partial charge in [0.1, 0.15) is 0 Å². The van der Waals surface area contributed by atoms with Crippen LogP contribution in [0.15, 0.2) is 28.7 Å². The molecule has 0 aliphatic heterocycles. The maximum absolute atomic E-state index is 10.1. The van der Waals surface area contributed by atoms with Crippen LogP contribution in [-0.2, 0) is 17.7 Å².